The maximum absolute atomic E-state index is 14.0. The summed E-state index contributed by atoms with van der Waals surface area (Å²) in [5, 5.41) is 0.566. The van der Waals surface area contributed by atoms with Crippen LogP contribution < -0.4 is 9.47 Å². The predicted molar refractivity (Wildman–Crippen MR) is 85.2 cm³/mol. The Hall–Kier alpha value is -1.78. The van der Waals surface area contributed by atoms with Gasteiger partial charge in [0.25, 0.3) is 0 Å². The van der Waals surface area contributed by atoms with Gasteiger partial charge in [0, 0.05) is 28.1 Å². The maximum Gasteiger partial charge on any atom is 0.156 e. The standard InChI is InChI=1S/C17H17ClFNO2/c1-20(2)16-7-10-6-12(19)9-14(17(10)22-16)13-8-11(18)4-5-15(13)21-3/h4-6,8-9,16H,7H2,1-3H3. The Morgan fingerprint density at radius 2 is 2.00 bits per heavy atom. The zero-order valence-electron chi connectivity index (χ0n) is 12.7. The highest BCUT2D eigenvalue weighted by atomic mass is 35.5. The quantitative estimate of drug-likeness (QED) is 0.853. The van der Waals surface area contributed by atoms with Gasteiger partial charge in [-0.05, 0) is 44.4 Å². The third-order valence-electron chi connectivity index (χ3n) is 3.81. The summed E-state index contributed by atoms with van der Waals surface area (Å²) >= 11 is 6.10. The van der Waals surface area contributed by atoms with E-state index in [0.29, 0.717) is 28.5 Å². The number of rotatable bonds is 3. The minimum absolute atomic E-state index is 0.0965. The Morgan fingerprint density at radius 3 is 2.68 bits per heavy atom. The van der Waals surface area contributed by atoms with Crippen LogP contribution in [0.4, 0.5) is 4.39 Å². The van der Waals surface area contributed by atoms with Gasteiger partial charge in [0.15, 0.2) is 6.23 Å². The first-order valence-electron chi connectivity index (χ1n) is 6.99. The molecule has 1 heterocycles. The summed E-state index contributed by atoms with van der Waals surface area (Å²) < 4.78 is 25.4. The maximum atomic E-state index is 14.0. The van der Waals surface area contributed by atoms with E-state index < -0.39 is 0 Å². The Bertz CT molecular complexity index is 718. The second kappa shape index (κ2) is 5.78. The molecule has 0 radical (unpaired) electrons. The van der Waals surface area contributed by atoms with Crippen LogP contribution in [-0.2, 0) is 6.42 Å². The fourth-order valence-corrected chi connectivity index (χ4v) is 2.86. The highest BCUT2D eigenvalue weighted by Gasteiger charge is 2.29. The van der Waals surface area contributed by atoms with Gasteiger partial charge in [-0.15, -0.1) is 0 Å². The van der Waals surface area contributed by atoms with Crippen molar-refractivity contribution < 1.29 is 13.9 Å². The number of hydrogen-bond donors (Lipinski definition) is 0. The first-order valence-corrected chi connectivity index (χ1v) is 7.37. The normalized spacial score (nSPS) is 16.5. The molecule has 0 bridgehead atoms. The van der Waals surface area contributed by atoms with Crippen LogP contribution >= 0.6 is 11.6 Å². The molecule has 0 fully saturated rings. The summed E-state index contributed by atoms with van der Waals surface area (Å²) in [5.41, 5.74) is 2.25. The van der Waals surface area contributed by atoms with Gasteiger partial charge in [0.1, 0.15) is 17.3 Å². The average Bonchev–Trinajstić information content (AvgIpc) is 2.90. The first-order chi connectivity index (χ1) is 10.5. The predicted octanol–water partition coefficient (Wildman–Crippen LogP) is 3.98. The van der Waals surface area contributed by atoms with Crippen LogP contribution in [0.3, 0.4) is 0 Å². The molecule has 2 aromatic carbocycles. The number of fused-ring (bicyclic) bond motifs is 1. The summed E-state index contributed by atoms with van der Waals surface area (Å²) in [7, 11) is 5.45. The van der Waals surface area contributed by atoms with Gasteiger partial charge in [-0.25, -0.2) is 4.39 Å². The van der Waals surface area contributed by atoms with E-state index in [4.69, 9.17) is 21.1 Å². The van der Waals surface area contributed by atoms with E-state index in [0.717, 1.165) is 11.1 Å². The molecule has 0 saturated heterocycles. The smallest absolute Gasteiger partial charge is 0.156 e. The minimum Gasteiger partial charge on any atom is -0.496 e. The zero-order chi connectivity index (χ0) is 15.9. The van der Waals surface area contributed by atoms with Crippen molar-refractivity contribution >= 4 is 11.6 Å². The molecule has 1 aliphatic rings. The van der Waals surface area contributed by atoms with Gasteiger partial charge in [0.2, 0.25) is 0 Å². The molecule has 2 aromatic rings. The number of methoxy groups -OCH3 is 1. The fourth-order valence-electron chi connectivity index (χ4n) is 2.69. The van der Waals surface area contributed by atoms with Crippen LogP contribution in [0.5, 0.6) is 11.5 Å². The van der Waals surface area contributed by atoms with E-state index in [2.05, 4.69) is 0 Å². The van der Waals surface area contributed by atoms with Crippen LogP contribution in [-0.4, -0.2) is 32.3 Å². The van der Waals surface area contributed by atoms with Gasteiger partial charge >= 0.3 is 0 Å². The van der Waals surface area contributed by atoms with Gasteiger partial charge < -0.3 is 9.47 Å². The molecule has 3 nitrogen and oxygen atoms in total. The van der Waals surface area contributed by atoms with E-state index in [1.165, 1.54) is 12.1 Å². The molecule has 1 unspecified atom stereocenters. The lowest BCUT2D eigenvalue weighted by Crippen LogP contribution is -2.31. The molecule has 0 amide bonds. The molecule has 5 heteroatoms. The lowest BCUT2D eigenvalue weighted by Gasteiger charge is -2.19. The van der Waals surface area contributed by atoms with Crippen LogP contribution in [0.15, 0.2) is 30.3 Å². The number of benzene rings is 2. The molecule has 1 atom stereocenters. The van der Waals surface area contributed by atoms with Crippen molar-refractivity contribution in [3.63, 3.8) is 0 Å². The lowest BCUT2D eigenvalue weighted by molar-refractivity contribution is 0.0866. The van der Waals surface area contributed by atoms with Crippen LogP contribution in [0.2, 0.25) is 5.02 Å². The molecule has 116 valence electrons. The molecule has 0 spiro atoms. The number of ether oxygens (including phenoxy) is 2. The molecule has 22 heavy (non-hydrogen) atoms. The summed E-state index contributed by atoms with van der Waals surface area (Å²) in [5.74, 6) is 1.04. The molecule has 3 rings (SSSR count). The Labute approximate surface area is 134 Å². The topological polar surface area (TPSA) is 21.7 Å². The lowest BCUT2D eigenvalue weighted by atomic mass is 10.00. The van der Waals surface area contributed by atoms with Crippen molar-refractivity contribution in [3.8, 4) is 22.6 Å². The summed E-state index contributed by atoms with van der Waals surface area (Å²) in [6, 6.07) is 8.27. The Kier molecular flexibility index (Phi) is 3.98. The van der Waals surface area contributed by atoms with Gasteiger partial charge in [-0.1, -0.05) is 11.6 Å². The number of likely N-dealkylation sites (N-methyl/N-ethyl adjacent to an activating group) is 1. The van der Waals surface area contributed by atoms with Crippen molar-refractivity contribution in [1.82, 2.24) is 4.90 Å². The second-order valence-electron chi connectivity index (χ2n) is 5.53. The van der Waals surface area contributed by atoms with E-state index in [1.54, 1.807) is 25.3 Å². The van der Waals surface area contributed by atoms with E-state index in [-0.39, 0.29) is 12.0 Å². The SMILES string of the molecule is COc1ccc(Cl)cc1-c1cc(F)cc2c1OC(N(C)C)C2. The van der Waals surface area contributed by atoms with Gasteiger partial charge in [-0.3, -0.25) is 4.90 Å². The van der Waals surface area contributed by atoms with Crippen molar-refractivity contribution in [2.24, 2.45) is 0 Å². The number of hydrogen-bond acceptors (Lipinski definition) is 3. The highest BCUT2D eigenvalue weighted by Crippen LogP contribution is 2.43. The first kappa shape index (κ1) is 15.1. The highest BCUT2D eigenvalue weighted by molar-refractivity contribution is 6.31. The molecule has 1 aliphatic heterocycles. The molecule has 0 saturated carbocycles. The third kappa shape index (κ3) is 2.64. The van der Waals surface area contributed by atoms with Crippen LogP contribution in [0.1, 0.15) is 5.56 Å². The van der Waals surface area contributed by atoms with Gasteiger partial charge in [0.05, 0.1) is 7.11 Å². The van der Waals surface area contributed by atoms with E-state index in [1.807, 2.05) is 19.0 Å². The van der Waals surface area contributed by atoms with Crippen LogP contribution in [0, 0.1) is 5.82 Å². The van der Waals surface area contributed by atoms with Crippen molar-refractivity contribution in [3.05, 3.63) is 46.7 Å². The number of halogens is 2. The molecule has 0 aliphatic carbocycles. The van der Waals surface area contributed by atoms with Crippen molar-refractivity contribution in [2.45, 2.75) is 12.6 Å². The number of nitrogens with zero attached hydrogens (tertiary/aromatic N) is 1. The summed E-state index contributed by atoms with van der Waals surface area (Å²) in [6.45, 7) is 0. The minimum atomic E-state index is -0.293. The Morgan fingerprint density at radius 1 is 1.23 bits per heavy atom. The Balaban J connectivity index is 2.16. The largest absolute Gasteiger partial charge is 0.496 e. The molecular formula is C17H17ClFNO2. The molecular weight excluding hydrogens is 305 g/mol. The van der Waals surface area contributed by atoms with E-state index in [9.17, 15) is 4.39 Å². The summed E-state index contributed by atoms with van der Waals surface area (Å²) in [4.78, 5) is 1.97. The van der Waals surface area contributed by atoms with E-state index >= 15 is 0 Å². The average molecular weight is 322 g/mol. The third-order valence-corrected chi connectivity index (χ3v) is 4.04. The van der Waals surface area contributed by atoms with Crippen LogP contribution in [0.25, 0.3) is 11.1 Å². The molecule has 0 aromatic heterocycles. The molecule has 0 N–H and O–H groups in total. The van der Waals surface area contributed by atoms with Gasteiger partial charge in [-0.2, -0.15) is 0 Å². The monoisotopic (exact) mass is 321 g/mol. The summed E-state index contributed by atoms with van der Waals surface area (Å²) in [6.07, 6.45) is 0.552. The fraction of sp³-hybridized carbons (Fsp3) is 0.294. The van der Waals surface area contributed by atoms with Crippen molar-refractivity contribution in [2.75, 3.05) is 21.2 Å². The van der Waals surface area contributed by atoms with Crippen molar-refractivity contribution in [1.29, 1.82) is 0 Å². The second-order valence-corrected chi connectivity index (χ2v) is 5.96. The zero-order valence-corrected chi connectivity index (χ0v) is 13.4.